The van der Waals surface area contributed by atoms with Gasteiger partial charge in [0.25, 0.3) is 11.8 Å². The molecule has 0 fully saturated rings. The SMILES string of the molecule is Cc1ccc(SC2=C(Nc3ccc(C(C)C)cc3)C(=O)N(c3cccc(Cl)c3)C2=O)cc1. The van der Waals surface area contributed by atoms with Gasteiger partial charge in [0.05, 0.1) is 5.69 Å². The van der Waals surface area contributed by atoms with Gasteiger partial charge in [-0.05, 0) is 60.9 Å². The normalized spacial score (nSPS) is 14.0. The second-order valence-electron chi connectivity index (χ2n) is 7.95. The van der Waals surface area contributed by atoms with E-state index in [0.717, 1.165) is 16.1 Å². The molecule has 0 saturated carbocycles. The molecule has 1 aliphatic heterocycles. The summed E-state index contributed by atoms with van der Waals surface area (Å²) in [7, 11) is 0. The number of imide groups is 1. The molecular weight excluding hydrogens is 440 g/mol. The minimum atomic E-state index is -0.403. The topological polar surface area (TPSA) is 49.4 Å². The largest absolute Gasteiger partial charge is 0.350 e. The third kappa shape index (κ3) is 4.59. The Labute approximate surface area is 197 Å². The minimum Gasteiger partial charge on any atom is -0.350 e. The first-order valence-electron chi connectivity index (χ1n) is 10.3. The number of rotatable bonds is 6. The lowest BCUT2D eigenvalue weighted by Crippen LogP contribution is -2.32. The molecule has 2 amide bonds. The van der Waals surface area contributed by atoms with Crippen molar-refractivity contribution in [3.8, 4) is 0 Å². The molecule has 0 aromatic heterocycles. The number of nitrogens with one attached hydrogen (secondary N) is 1. The molecule has 0 atom stereocenters. The van der Waals surface area contributed by atoms with Crippen LogP contribution in [-0.2, 0) is 9.59 Å². The number of halogens is 1. The van der Waals surface area contributed by atoms with Gasteiger partial charge in [-0.2, -0.15) is 0 Å². The maximum absolute atomic E-state index is 13.4. The lowest BCUT2D eigenvalue weighted by molar-refractivity contribution is -0.120. The summed E-state index contributed by atoms with van der Waals surface area (Å²) in [5.41, 5.74) is 3.79. The third-order valence-electron chi connectivity index (χ3n) is 5.20. The van der Waals surface area contributed by atoms with Gasteiger partial charge in [0.1, 0.15) is 10.6 Å². The van der Waals surface area contributed by atoms with Crippen LogP contribution < -0.4 is 10.2 Å². The summed E-state index contributed by atoms with van der Waals surface area (Å²) < 4.78 is 0. The molecule has 162 valence electrons. The molecule has 0 bridgehead atoms. The van der Waals surface area contributed by atoms with Crippen LogP contribution in [0.1, 0.15) is 30.9 Å². The summed E-state index contributed by atoms with van der Waals surface area (Å²) in [6, 6.07) is 22.5. The molecule has 32 heavy (non-hydrogen) atoms. The molecule has 0 unspecified atom stereocenters. The van der Waals surface area contributed by atoms with Gasteiger partial charge in [-0.15, -0.1) is 0 Å². The second-order valence-corrected chi connectivity index (χ2v) is 9.47. The van der Waals surface area contributed by atoms with Crippen molar-refractivity contribution < 1.29 is 9.59 Å². The van der Waals surface area contributed by atoms with Crippen molar-refractivity contribution in [3.63, 3.8) is 0 Å². The quantitative estimate of drug-likeness (QED) is 0.411. The fourth-order valence-corrected chi connectivity index (χ4v) is 4.50. The van der Waals surface area contributed by atoms with Gasteiger partial charge in [0.15, 0.2) is 0 Å². The van der Waals surface area contributed by atoms with Crippen molar-refractivity contribution >= 4 is 46.6 Å². The molecule has 0 aliphatic carbocycles. The fourth-order valence-electron chi connectivity index (χ4n) is 3.38. The van der Waals surface area contributed by atoms with Crippen LogP contribution >= 0.6 is 23.4 Å². The predicted octanol–water partition coefficient (Wildman–Crippen LogP) is 6.76. The molecule has 1 heterocycles. The van der Waals surface area contributed by atoms with E-state index < -0.39 is 5.91 Å². The number of benzene rings is 3. The first-order chi connectivity index (χ1) is 15.3. The Bertz CT molecular complexity index is 1200. The summed E-state index contributed by atoms with van der Waals surface area (Å²) in [5.74, 6) is -0.368. The summed E-state index contributed by atoms with van der Waals surface area (Å²) in [5, 5.41) is 3.66. The Balaban J connectivity index is 1.72. The Hall–Kier alpha value is -3.02. The summed E-state index contributed by atoms with van der Waals surface area (Å²) in [6.45, 7) is 6.26. The predicted molar refractivity (Wildman–Crippen MR) is 132 cm³/mol. The highest BCUT2D eigenvalue weighted by Crippen LogP contribution is 2.38. The lowest BCUT2D eigenvalue weighted by atomic mass is 10.0. The van der Waals surface area contributed by atoms with Crippen LogP contribution in [0.2, 0.25) is 5.02 Å². The standard InChI is InChI=1S/C26H23ClN2O2S/c1-16(2)18-9-11-20(12-10-18)28-23-24(32-22-13-7-17(3)8-14-22)26(31)29(25(23)30)21-6-4-5-19(27)15-21/h4-16,28H,1-3H3. The third-order valence-corrected chi connectivity index (χ3v) is 6.52. The van der Waals surface area contributed by atoms with Gasteiger partial charge in [0, 0.05) is 15.6 Å². The van der Waals surface area contributed by atoms with E-state index in [9.17, 15) is 9.59 Å². The fraction of sp³-hybridized carbons (Fsp3) is 0.154. The van der Waals surface area contributed by atoms with Gasteiger partial charge in [0.2, 0.25) is 0 Å². The van der Waals surface area contributed by atoms with Crippen LogP contribution in [0, 0.1) is 6.92 Å². The zero-order valence-electron chi connectivity index (χ0n) is 18.1. The van der Waals surface area contributed by atoms with E-state index in [2.05, 4.69) is 19.2 Å². The maximum Gasteiger partial charge on any atom is 0.283 e. The molecule has 3 aromatic carbocycles. The average molecular weight is 463 g/mol. The first kappa shape index (κ1) is 22.2. The van der Waals surface area contributed by atoms with Crippen LogP contribution in [0.15, 0.2) is 88.3 Å². The number of nitrogens with zero attached hydrogens (tertiary/aromatic N) is 1. The van der Waals surface area contributed by atoms with Crippen LogP contribution in [-0.4, -0.2) is 11.8 Å². The number of carbonyl (C=O) groups is 2. The van der Waals surface area contributed by atoms with Crippen LogP contribution in [0.25, 0.3) is 0 Å². The number of hydrogen-bond donors (Lipinski definition) is 1. The van der Waals surface area contributed by atoms with E-state index in [0.29, 0.717) is 21.5 Å². The molecule has 3 aromatic rings. The number of aryl methyl sites for hydroxylation is 1. The van der Waals surface area contributed by atoms with E-state index in [1.807, 2.05) is 55.5 Å². The number of hydrogen-bond acceptors (Lipinski definition) is 4. The summed E-state index contributed by atoms with van der Waals surface area (Å²) in [4.78, 5) is 29.2. The molecule has 6 heteroatoms. The Morgan fingerprint density at radius 3 is 2.22 bits per heavy atom. The number of amides is 2. The summed E-state index contributed by atoms with van der Waals surface area (Å²) in [6.07, 6.45) is 0. The van der Waals surface area contributed by atoms with Crippen molar-refractivity contribution in [3.05, 3.63) is 99.5 Å². The van der Waals surface area contributed by atoms with E-state index in [1.54, 1.807) is 24.3 Å². The molecule has 0 radical (unpaired) electrons. The Morgan fingerprint density at radius 1 is 0.906 bits per heavy atom. The highest BCUT2D eigenvalue weighted by molar-refractivity contribution is 8.04. The van der Waals surface area contributed by atoms with E-state index in [1.165, 1.54) is 22.2 Å². The molecule has 0 saturated heterocycles. The molecule has 1 aliphatic rings. The van der Waals surface area contributed by atoms with Crippen molar-refractivity contribution in [2.45, 2.75) is 31.6 Å². The van der Waals surface area contributed by atoms with Crippen molar-refractivity contribution in [1.82, 2.24) is 0 Å². The number of anilines is 2. The van der Waals surface area contributed by atoms with Crippen molar-refractivity contribution in [2.24, 2.45) is 0 Å². The van der Waals surface area contributed by atoms with Gasteiger partial charge in [-0.25, -0.2) is 4.90 Å². The van der Waals surface area contributed by atoms with Crippen LogP contribution in [0.3, 0.4) is 0 Å². The van der Waals surface area contributed by atoms with Gasteiger partial charge >= 0.3 is 0 Å². The van der Waals surface area contributed by atoms with Gasteiger partial charge < -0.3 is 5.32 Å². The van der Waals surface area contributed by atoms with E-state index >= 15 is 0 Å². The number of thioether (sulfide) groups is 1. The molecular formula is C26H23ClN2O2S. The van der Waals surface area contributed by atoms with Crippen LogP contribution in [0.5, 0.6) is 0 Å². The van der Waals surface area contributed by atoms with E-state index in [4.69, 9.17) is 11.6 Å². The van der Waals surface area contributed by atoms with Gasteiger partial charge in [-0.1, -0.05) is 73.1 Å². The average Bonchev–Trinajstić information content (AvgIpc) is 2.99. The molecule has 0 spiro atoms. The lowest BCUT2D eigenvalue weighted by Gasteiger charge is -2.15. The number of carbonyl (C=O) groups excluding carboxylic acids is 2. The second kappa shape index (κ2) is 9.23. The maximum atomic E-state index is 13.4. The van der Waals surface area contributed by atoms with Gasteiger partial charge in [-0.3, -0.25) is 9.59 Å². The Kier molecular flexibility index (Phi) is 6.40. The van der Waals surface area contributed by atoms with Crippen LogP contribution in [0.4, 0.5) is 11.4 Å². The zero-order valence-corrected chi connectivity index (χ0v) is 19.6. The highest BCUT2D eigenvalue weighted by atomic mass is 35.5. The van der Waals surface area contributed by atoms with E-state index in [-0.39, 0.29) is 11.6 Å². The monoisotopic (exact) mass is 462 g/mol. The zero-order chi connectivity index (χ0) is 22.8. The molecule has 4 rings (SSSR count). The smallest absolute Gasteiger partial charge is 0.283 e. The van der Waals surface area contributed by atoms with Crippen molar-refractivity contribution in [1.29, 1.82) is 0 Å². The molecule has 4 nitrogen and oxygen atoms in total. The first-order valence-corrected chi connectivity index (χ1v) is 11.5. The highest BCUT2D eigenvalue weighted by Gasteiger charge is 2.40. The Morgan fingerprint density at radius 2 is 1.59 bits per heavy atom. The summed E-state index contributed by atoms with van der Waals surface area (Å²) >= 11 is 7.40. The minimum absolute atomic E-state index is 0.262. The van der Waals surface area contributed by atoms with Crippen molar-refractivity contribution in [2.75, 3.05) is 10.2 Å². The molecule has 1 N–H and O–H groups in total.